The minimum atomic E-state index is -3.19. The van der Waals surface area contributed by atoms with E-state index >= 15 is 0 Å². The number of rotatable bonds is 3. The van der Waals surface area contributed by atoms with Gasteiger partial charge >= 0.3 is 0 Å². The van der Waals surface area contributed by atoms with Gasteiger partial charge in [0.05, 0.1) is 6.20 Å². The first-order chi connectivity index (χ1) is 7.47. The second kappa shape index (κ2) is 4.11. The number of tetrazole rings is 1. The number of hydrogen-bond donors (Lipinski definition) is 0. The molecule has 2 heterocycles. The minimum Gasteiger partial charge on any atom is -0.236 e. The Morgan fingerprint density at radius 2 is 2.25 bits per heavy atom. The summed E-state index contributed by atoms with van der Waals surface area (Å²) in [7, 11) is -1.48. The summed E-state index contributed by atoms with van der Waals surface area (Å²) in [5.74, 6) is 0. The number of sulfone groups is 1. The summed E-state index contributed by atoms with van der Waals surface area (Å²) in [6.07, 6.45) is 2.49. The first kappa shape index (κ1) is 11.5. The predicted molar refractivity (Wildman–Crippen MR) is 58.1 cm³/mol. The van der Waals surface area contributed by atoms with E-state index in [0.717, 1.165) is 17.6 Å². The van der Waals surface area contributed by atoms with Crippen LogP contribution in [0.2, 0.25) is 0 Å². The summed E-state index contributed by atoms with van der Waals surface area (Å²) < 4.78 is 24.8. The van der Waals surface area contributed by atoms with Crippen molar-refractivity contribution in [2.75, 3.05) is 6.26 Å². The van der Waals surface area contributed by atoms with Gasteiger partial charge in [0.2, 0.25) is 5.16 Å². The lowest BCUT2D eigenvalue weighted by atomic mass is 11.0. The van der Waals surface area contributed by atoms with Gasteiger partial charge < -0.3 is 0 Å². The largest absolute Gasteiger partial charge is 0.236 e. The third kappa shape index (κ3) is 2.39. The third-order valence-electron chi connectivity index (χ3n) is 1.59. The van der Waals surface area contributed by atoms with Crippen LogP contribution < -0.4 is 0 Å². The molecule has 2 rings (SSSR count). The Kier molecular flexibility index (Phi) is 2.95. The molecule has 2 aromatic heterocycles. The maximum Gasteiger partial charge on any atom is 0.216 e. The SMILES string of the molecule is Cn1nnnc1Sc1ncc(S(C)(=O)=O)s1. The van der Waals surface area contributed by atoms with Gasteiger partial charge in [0.25, 0.3) is 0 Å². The average Bonchev–Trinajstić information content (AvgIpc) is 2.76. The first-order valence-corrected chi connectivity index (χ1v) is 7.55. The van der Waals surface area contributed by atoms with E-state index in [4.69, 9.17) is 0 Å². The molecule has 0 aliphatic carbocycles. The predicted octanol–water partition coefficient (Wildman–Crippen LogP) is 0.221. The standard InChI is InChI=1S/C6H7N5O2S3/c1-11-5(8-9-10-11)15-6-7-3-4(14-6)16(2,12)13/h3H,1-2H3. The first-order valence-electron chi connectivity index (χ1n) is 4.03. The lowest BCUT2D eigenvalue weighted by Crippen LogP contribution is -1.92. The van der Waals surface area contributed by atoms with Crippen molar-refractivity contribution in [3.8, 4) is 0 Å². The van der Waals surface area contributed by atoms with Crippen molar-refractivity contribution < 1.29 is 8.42 Å². The van der Waals surface area contributed by atoms with Crippen LogP contribution in [-0.2, 0) is 16.9 Å². The Morgan fingerprint density at radius 1 is 1.50 bits per heavy atom. The molecular weight excluding hydrogens is 270 g/mol. The molecule has 10 heteroatoms. The lowest BCUT2D eigenvalue weighted by Gasteiger charge is -1.92. The van der Waals surface area contributed by atoms with Crippen molar-refractivity contribution in [1.82, 2.24) is 25.2 Å². The summed E-state index contributed by atoms with van der Waals surface area (Å²) in [5, 5.41) is 11.5. The Balaban J connectivity index is 2.25. The quantitative estimate of drug-likeness (QED) is 0.792. The van der Waals surface area contributed by atoms with Gasteiger partial charge in [-0.2, -0.15) is 0 Å². The molecule has 0 N–H and O–H groups in total. The molecule has 0 spiro atoms. The van der Waals surface area contributed by atoms with Crippen LogP contribution in [0.1, 0.15) is 0 Å². The van der Waals surface area contributed by atoms with E-state index in [0.29, 0.717) is 9.50 Å². The van der Waals surface area contributed by atoms with Crippen molar-refractivity contribution in [1.29, 1.82) is 0 Å². The molecule has 0 aliphatic rings. The van der Waals surface area contributed by atoms with E-state index in [2.05, 4.69) is 20.5 Å². The van der Waals surface area contributed by atoms with Gasteiger partial charge in [-0.1, -0.05) is 11.3 Å². The van der Waals surface area contributed by atoms with Gasteiger partial charge in [0.15, 0.2) is 14.2 Å². The Labute approximate surface area is 99.8 Å². The van der Waals surface area contributed by atoms with Crippen LogP contribution in [0.3, 0.4) is 0 Å². The second-order valence-corrected chi connectivity index (χ2v) is 7.39. The molecule has 0 saturated heterocycles. The lowest BCUT2D eigenvalue weighted by molar-refractivity contribution is 0.603. The van der Waals surface area contributed by atoms with Crippen LogP contribution in [-0.4, -0.2) is 39.9 Å². The topological polar surface area (TPSA) is 90.6 Å². The second-order valence-electron chi connectivity index (χ2n) is 2.90. The zero-order valence-electron chi connectivity index (χ0n) is 8.35. The highest BCUT2D eigenvalue weighted by molar-refractivity contribution is 8.01. The third-order valence-corrected chi connectivity index (χ3v) is 5.48. The normalized spacial score (nSPS) is 11.9. The molecule has 0 fully saturated rings. The van der Waals surface area contributed by atoms with Gasteiger partial charge in [0.1, 0.15) is 4.21 Å². The molecule has 0 aliphatic heterocycles. The highest BCUT2D eigenvalue weighted by Crippen LogP contribution is 2.30. The highest BCUT2D eigenvalue weighted by Gasteiger charge is 2.14. The zero-order chi connectivity index (χ0) is 11.8. The molecule has 7 nitrogen and oxygen atoms in total. The minimum absolute atomic E-state index is 0.241. The van der Waals surface area contributed by atoms with Gasteiger partial charge in [-0.05, 0) is 22.2 Å². The van der Waals surface area contributed by atoms with Crippen LogP contribution in [0, 0.1) is 0 Å². The van der Waals surface area contributed by atoms with Crippen molar-refractivity contribution in [3.05, 3.63) is 6.20 Å². The van der Waals surface area contributed by atoms with Crippen LogP contribution in [0.5, 0.6) is 0 Å². The Hall–Kier alpha value is -1.00. The molecule has 0 bridgehead atoms. The zero-order valence-corrected chi connectivity index (χ0v) is 10.8. The molecule has 86 valence electrons. The molecule has 0 unspecified atom stereocenters. The van der Waals surface area contributed by atoms with Crippen LogP contribution in [0.4, 0.5) is 0 Å². The number of nitrogens with zero attached hydrogens (tertiary/aromatic N) is 5. The molecule has 2 aromatic rings. The number of hydrogen-bond acceptors (Lipinski definition) is 8. The summed E-state index contributed by atoms with van der Waals surface area (Å²) in [4.78, 5) is 3.99. The van der Waals surface area contributed by atoms with Gasteiger partial charge in [-0.15, -0.1) is 5.10 Å². The van der Waals surface area contributed by atoms with Crippen LogP contribution >= 0.6 is 23.1 Å². The van der Waals surface area contributed by atoms with Crippen molar-refractivity contribution in [3.63, 3.8) is 0 Å². The molecule has 16 heavy (non-hydrogen) atoms. The highest BCUT2D eigenvalue weighted by atomic mass is 32.2. The molecule has 0 saturated carbocycles. The van der Waals surface area contributed by atoms with E-state index < -0.39 is 9.84 Å². The van der Waals surface area contributed by atoms with E-state index in [-0.39, 0.29) is 4.21 Å². The number of thiazole rings is 1. The maximum atomic E-state index is 11.2. The van der Waals surface area contributed by atoms with E-state index in [1.165, 1.54) is 22.6 Å². The van der Waals surface area contributed by atoms with E-state index in [1.807, 2.05) is 0 Å². The molecule has 0 radical (unpaired) electrons. The fourth-order valence-corrected chi connectivity index (χ4v) is 3.64. The van der Waals surface area contributed by atoms with Crippen LogP contribution in [0.25, 0.3) is 0 Å². The summed E-state index contributed by atoms with van der Waals surface area (Å²) in [5.41, 5.74) is 0. The van der Waals surface area contributed by atoms with Crippen molar-refractivity contribution in [2.24, 2.45) is 7.05 Å². The van der Waals surface area contributed by atoms with Crippen molar-refractivity contribution in [2.45, 2.75) is 13.7 Å². The molecule has 0 atom stereocenters. The molecular formula is C6H7N5O2S3. The number of aromatic nitrogens is 5. The van der Waals surface area contributed by atoms with Gasteiger partial charge in [-0.25, -0.2) is 18.1 Å². The Morgan fingerprint density at radius 3 is 2.75 bits per heavy atom. The van der Waals surface area contributed by atoms with Crippen LogP contribution in [0.15, 0.2) is 19.9 Å². The summed E-state index contributed by atoms with van der Waals surface area (Å²) in [6.45, 7) is 0. The van der Waals surface area contributed by atoms with E-state index in [1.54, 1.807) is 7.05 Å². The number of aryl methyl sites for hydroxylation is 1. The van der Waals surface area contributed by atoms with Crippen molar-refractivity contribution >= 4 is 32.9 Å². The van der Waals surface area contributed by atoms with E-state index in [9.17, 15) is 8.42 Å². The maximum absolute atomic E-state index is 11.2. The molecule has 0 aromatic carbocycles. The summed E-state index contributed by atoms with van der Waals surface area (Å²) >= 11 is 2.33. The summed E-state index contributed by atoms with van der Waals surface area (Å²) in [6, 6.07) is 0. The fraction of sp³-hybridized carbons (Fsp3) is 0.333. The monoisotopic (exact) mass is 277 g/mol. The smallest absolute Gasteiger partial charge is 0.216 e. The molecule has 0 amide bonds. The fourth-order valence-electron chi connectivity index (χ4n) is 0.849. The van der Waals surface area contributed by atoms with Gasteiger partial charge in [-0.3, -0.25) is 0 Å². The average molecular weight is 277 g/mol. The Bertz CT molecular complexity index is 601. The van der Waals surface area contributed by atoms with Gasteiger partial charge in [0, 0.05) is 13.3 Å².